The highest BCUT2D eigenvalue weighted by atomic mass is 32.1. The van der Waals surface area contributed by atoms with Gasteiger partial charge < -0.3 is 21.7 Å². The number of thiophene rings is 1. The zero-order valence-electron chi connectivity index (χ0n) is 13.0. The first-order chi connectivity index (χ1) is 9.79. The second kappa shape index (κ2) is 7.42. The summed E-state index contributed by atoms with van der Waals surface area (Å²) in [7, 11) is 2.05. The fourth-order valence-corrected chi connectivity index (χ4v) is 3.00. The first-order valence-electron chi connectivity index (χ1n) is 6.96. The monoisotopic (exact) mass is 312 g/mol. The summed E-state index contributed by atoms with van der Waals surface area (Å²) >= 11 is 1.18. The highest BCUT2D eigenvalue weighted by Crippen LogP contribution is 2.35. The van der Waals surface area contributed by atoms with Gasteiger partial charge in [-0.15, -0.1) is 11.3 Å². The molecule has 0 spiro atoms. The number of Topliss-reactive ketones (excluding diaryl/α,β-unsaturated/α-hetero) is 1. The Morgan fingerprint density at radius 2 is 2.05 bits per heavy atom. The van der Waals surface area contributed by atoms with Gasteiger partial charge in [0.2, 0.25) is 0 Å². The fraction of sp³-hybridized carbons (Fsp3) is 0.571. The summed E-state index contributed by atoms with van der Waals surface area (Å²) in [6, 6.07) is 0.489. The topological polar surface area (TPSA) is 101 Å². The predicted molar refractivity (Wildman–Crippen MR) is 88.1 cm³/mol. The number of primary amides is 1. The lowest BCUT2D eigenvalue weighted by atomic mass is 10.2. The second-order valence-electron chi connectivity index (χ2n) is 5.13. The van der Waals surface area contributed by atoms with E-state index < -0.39 is 5.91 Å². The van der Waals surface area contributed by atoms with Gasteiger partial charge in [-0.25, -0.2) is 0 Å². The minimum atomic E-state index is -0.617. The van der Waals surface area contributed by atoms with E-state index in [9.17, 15) is 9.59 Å². The van der Waals surface area contributed by atoms with Crippen LogP contribution in [0.2, 0.25) is 0 Å². The smallest absolute Gasteiger partial charge is 0.253 e. The average Bonchev–Trinajstić information content (AvgIpc) is 2.74. The molecule has 7 heteroatoms. The third kappa shape index (κ3) is 4.18. The Hall–Kier alpha value is -1.60. The first-order valence-corrected chi connectivity index (χ1v) is 7.78. The maximum Gasteiger partial charge on any atom is 0.253 e. The number of rotatable bonds is 8. The lowest BCUT2D eigenvalue weighted by molar-refractivity contribution is 0.100. The van der Waals surface area contributed by atoms with E-state index >= 15 is 0 Å². The molecule has 0 radical (unpaired) electrons. The van der Waals surface area contributed by atoms with Crippen LogP contribution < -0.4 is 16.8 Å². The Morgan fingerprint density at radius 1 is 1.43 bits per heavy atom. The zero-order valence-corrected chi connectivity index (χ0v) is 13.8. The molecular formula is C14H24N4O2S. The van der Waals surface area contributed by atoms with Crippen LogP contribution in [0.25, 0.3) is 0 Å². The molecular weight excluding hydrogens is 288 g/mol. The molecule has 21 heavy (non-hydrogen) atoms. The Balaban J connectivity index is 2.81. The first kappa shape index (κ1) is 17.5. The third-order valence-electron chi connectivity index (χ3n) is 3.60. The van der Waals surface area contributed by atoms with Crippen LogP contribution in [-0.4, -0.2) is 42.8 Å². The summed E-state index contributed by atoms with van der Waals surface area (Å²) in [6.07, 6.45) is 1.07. The number of hydrogen-bond donors (Lipinski definition) is 3. The number of hydrogen-bond acceptors (Lipinski definition) is 6. The van der Waals surface area contributed by atoms with Gasteiger partial charge >= 0.3 is 0 Å². The van der Waals surface area contributed by atoms with Crippen LogP contribution in [0, 0.1) is 0 Å². The number of nitrogens with one attached hydrogen (secondary N) is 1. The van der Waals surface area contributed by atoms with E-state index in [1.807, 2.05) is 0 Å². The third-order valence-corrected chi connectivity index (χ3v) is 4.87. The van der Waals surface area contributed by atoms with Crippen molar-refractivity contribution in [2.24, 2.45) is 5.73 Å². The number of nitrogens with two attached hydrogens (primary N) is 2. The van der Waals surface area contributed by atoms with Gasteiger partial charge in [0.05, 0.1) is 16.1 Å². The highest BCUT2D eigenvalue weighted by Gasteiger charge is 2.22. The molecule has 0 aliphatic rings. The van der Waals surface area contributed by atoms with E-state index in [-0.39, 0.29) is 17.0 Å². The predicted octanol–water partition coefficient (Wildman–Crippen LogP) is 1.77. The molecule has 0 saturated heterocycles. The van der Waals surface area contributed by atoms with Gasteiger partial charge in [0, 0.05) is 26.1 Å². The van der Waals surface area contributed by atoms with Crippen molar-refractivity contribution in [3.05, 3.63) is 10.4 Å². The number of carbonyl (C=O) groups is 2. The molecule has 1 rings (SSSR count). The molecule has 118 valence electrons. The van der Waals surface area contributed by atoms with E-state index in [0.717, 1.165) is 13.0 Å². The standard InChI is InChI=1S/C14H24N4O2S/c1-5-8(2)18(4)7-6-17-14-10(13(16)20)11(15)12(21-14)9(3)19/h8,17H,5-7,15H2,1-4H3,(H2,16,20). The van der Waals surface area contributed by atoms with Crippen LogP contribution in [0.5, 0.6) is 0 Å². The molecule has 0 bridgehead atoms. The fourth-order valence-electron chi connectivity index (χ4n) is 1.95. The van der Waals surface area contributed by atoms with Crippen LogP contribution >= 0.6 is 11.3 Å². The van der Waals surface area contributed by atoms with E-state index in [2.05, 4.69) is 31.1 Å². The minimum Gasteiger partial charge on any atom is -0.397 e. The van der Waals surface area contributed by atoms with Crippen molar-refractivity contribution in [1.29, 1.82) is 0 Å². The van der Waals surface area contributed by atoms with Gasteiger partial charge in [-0.2, -0.15) is 0 Å². The summed E-state index contributed by atoms with van der Waals surface area (Å²) in [5.41, 5.74) is 11.6. The van der Waals surface area contributed by atoms with Gasteiger partial charge in [0.25, 0.3) is 5.91 Å². The van der Waals surface area contributed by atoms with Gasteiger partial charge in [-0.3, -0.25) is 9.59 Å². The molecule has 0 fully saturated rings. The summed E-state index contributed by atoms with van der Waals surface area (Å²) in [6.45, 7) is 7.19. The van der Waals surface area contributed by atoms with Crippen molar-refractivity contribution >= 4 is 33.7 Å². The van der Waals surface area contributed by atoms with Crippen molar-refractivity contribution in [3.8, 4) is 0 Å². The molecule has 0 aliphatic carbocycles. The molecule has 0 saturated carbocycles. The summed E-state index contributed by atoms with van der Waals surface area (Å²) in [5.74, 6) is -0.779. The largest absolute Gasteiger partial charge is 0.397 e. The lowest BCUT2D eigenvalue weighted by Crippen LogP contribution is -2.32. The quantitative estimate of drug-likeness (QED) is 0.635. The summed E-state index contributed by atoms with van der Waals surface area (Å²) < 4.78 is 0. The number of nitrogen functional groups attached to an aromatic ring is 1. The minimum absolute atomic E-state index is 0.162. The summed E-state index contributed by atoms with van der Waals surface area (Å²) in [4.78, 5) is 25.6. The van der Waals surface area contributed by atoms with Crippen molar-refractivity contribution < 1.29 is 9.59 Å². The average molecular weight is 312 g/mol. The van der Waals surface area contributed by atoms with Crippen molar-refractivity contribution in [2.75, 3.05) is 31.2 Å². The number of ketones is 1. The maximum atomic E-state index is 11.5. The van der Waals surface area contributed by atoms with Gasteiger partial charge in [0.1, 0.15) is 5.00 Å². The van der Waals surface area contributed by atoms with Gasteiger partial charge in [-0.05, 0) is 20.4 Å². The van der Waals surface area contributed by atoms with Gasteiger partial charge in [0.15, 0.2) is 5.78 Å². The molecule has 1 aromatic heterocycles. The zero-order chi connectivity index (χ0) is 16.2. The van der Waals surface area contributed by atoms with E-state index in [1.165, 1.54) is 18.3 Å². The van der Waals surface area contributed by atoms with E-state index in [4.69, 9.17) is 11.5 Å². The van der Waals surface area contributed by atoms with Crippen LogP contribution in [0.3, 0.4) is 0 Å². The van der Waals surface area contributed by atoms with Crippen LogP contribution in [0.4, 0.5) is 10.7 Å². The van der Waals surface area contributed by atoms with E-state index in [1.54, 1.807) is 0 Å². The molecule has 1 amide bonds. The molecule has 1 aromatic rings. The maximum absolute atomic E-state index is 11.5. The second-order valence-corrected chi connectivity index (χ2v) is 6.15. The number of amides is 1. The van der Waals surface area contributed by atoms with Crippen LogP contribution in [0.15, 0.2) is 0 Å². The van der Waals surface area contributed by atoms with Crippen molar-refractivity contribution in [3.63, 3.8) is 0 Å². The summed E-state index contributed by atoms with van der Waals surface area (Å²) in [5, 5.41) is 3.74. The lowest BCUT2D eigenvalue weighted by Gasteiger charge is -2.23. The number of carbonyl (C=O) groups excluding carboxylic acids is 2. The molecule has 0 aliphatic heterocycles. The Bertz CT molecular complexity index is 527. The molecule has 1 heterocycles. The Kier molecular flexibility index (Phi) is 6.17. The molecule has 1 atom stereocenters. The SMILES string of the molecule is CCC(C)N(C)CCNc1sc(C(C)=O)c(N)c1C(N)=O. The number of anilines is 2. The van der Waals surface area contributed by atoms with Crippen LogP contribution in [-0.2, 0) is 0 Å². The molecule has 0 aromatic carbocycles. The molecule has 5 N–H and O–H groups in total. The van der Waals surface area contributed by atoms with Crippen molar-refractivity contribution in [1.82, 2.24) is 4.90 Å². The van der Waals surface area contributed by atoms with E-state index in [0.29, 0.717) is 22.5 Å². The molecule has 1 unspecified atom stereocenters. The molecule has 6 nitrogen and oxygen atoms in total. The normalized spacial score (nSPS) is 12.4. The Morgan fingerprint density at radius 3 is 2.52 bits per heavy atom. The highest BCUT2D eigenvalue weighted by molar-refractivity contribution is 7.19. The number of nitrogens with zero attached hydrogens (tertiary/aromatic N) is 1. The Labute approximate surface area is 129 Å². The van der Waals surface area contributed by atoms with Crippen molar-refractivity contribution in [2.45, 2.75) is 33.2 Å². The van der Waals surface area contributed by atoms with Crippen LogP contribution in [0.1, 0.15) is 47.2 Å². The van der Waals surface area contributed by atoms with Gasteiger partial charge in [-0.1, -0.05) is 6.92 Å². The number of likely N-dealkylation sites (N-methyl/N-ethyl adjacent to an activating group) is 1.